The lowest BCUT2D eigenvalue weighted by molar-refractivity contribution is 0.0518. The van der Waals surface area contributed by atoms with Crippen LogP contribution in [0.15, 0.2) is 252 Å². The molecule has 0 spiro atoms. The number of sulfonamides is 1. The molecule has 13 aromatic rings. The largest absolute Gasteiger partial charge is 0.461 e. The van der Waals surface area contributed by atoms with E-state index in [-0.39, 0.29) is 111 Å². The maximum absolute atomic E-state index is 14.1. The second-order valence-corrected chi connectivity index (χ2v) is 40.4. The van der Waals surface area contributed by atoms with E-state index >= 15 is 0 Å². The molecule has 13 rings (SSSR count). The third kappa shape index (κ3) is 25.7. The Kier molecular flexibility index (Phi) is 36.9. The Morgan fingerprint density at radius 1 is 0.463 bits per heavy atom. The molecular weight excluding hydrogens is 2420 g/mol. The number of nitrogens with two attached hydrogens (primary N) is 2. The maximum Gasteiger partial charge on any atom is 0.356 e. The topological polar surface area (TPSA) is 327 Å². The minimum atomic E-state index is -4.21. The van der Waals surface area contributed by atoms with Gasteiger partial charge in [-0.2, -0.15) is 10.5 Å². The summed E-state index contributed by atoms with van der Waals surface area (Å²) in [6, 6.07) is 49.8. The predicted octanol–water partition coefficient (Wildman–Crippen LogP) is 23.0. The first-order valence-electron chi connectivity index (χ1n) is 34.8. The van der Waals surface area contributed by atoms with Crippen LogP contribution in [0.3, 0.4) is 0 Å². The SMILES string of the molecule is CCOC(=O)c1cc2cc(F)c(Br)cc2n1S(=O)(=O)c1ccc(C)cc1.CI.Cc1ccc(S(=O)(=O)Nc2cc(Br)c(F)cc2I)cc1.Cc1ccc(S(=O)(=O)n2c(C(=O)C(C#N)=CN(C)C)cc3cc(F)c(Br)cc32)cc1.Cc1ccc(S(=O)(=O)n2c(C(=O)CC#N)cc3cc(F)c(Br)cc32)cc1.Nc1cc(Br)c(F)cc1I.Nc1ccc(F)c(Br)c1. The smallest absolute Gasteiger partial charge is 0.356 e. The molecule has 0 aliphatic heterocycles. The van der Waals surface area contributed by atoms with Gasteiger partial charge in [0.1, 0.15) is 70.0 Å². The van der Waals surface area contributed by atoms with Gasteiger partial charge in [-0.15, -0.1) is 0 Å². The molecule has 0 bridgehead atoms. The van der Waals surface area contributed by atoms with E-state index in [1.807, 2.05) is 77.8 Å². The number of esters is 1. The molecule has 123 heavy (non-hydrogen) atoms. The van der Waals surface area contributed by atoms with Crippen molar-refractivity contribution in [3.8, 4) is 12.1 Å². The zero-order valence-corrected chi connectivity index (χ0v) is 84.3. The van der Waals surface area contributed by atoms with Gasteiger partial charge in [0.2, 0.25) is 5.78 Å². The standard InChI is InChI=1S/C21H17BrFN3O3S.C18H12BrFN2O3S.C18H15BrFNO4S.C13H10BrFINO2S.C6H4BrFIN.C6H5BrFN.CH3I/c1-13-4-6-16(7-5-13)30(28,29)26-19-10-17(22)18(23)8-14(19)9-20(26)21(27)15(11-24)12-25(2)3;1-11-2-4-13(5-3-11)26(24,25)22-16-10-14(19)15(20)8-12(16)9-17(22)18(23)6-7-21;1-3-25-18(22)17-9-12-8-15(20)14(19)10-16(12)21(17)26(23,24)13-6-4-11(2)5-7-13;1-8-2-4-9(5-3-8)20(18,19)17-13-6-10(14)11(15)7-12(13)16;7-3-1-6(10)5(9)2-4(3)8;7-5-3-4(9)1-2-6(5)8;1-2/h4-10,12H,1-3H3;2-5,8-10H,6H2,1H3;4-10H,3H2,1-2H3;2-7,17H,1H3;1-2H,10H2;1-3H,9H2;1H3. The van der Waals surface area contributed by atoms with Crippen LogP contribution in [0.4, 0.5) is 43.4 Å². The highest BCUT2D eigenvalue weighted by Crippen LogP contribution is 2.36. The van der Waals surface area contributed by atoms with Crippen LogP contribution in [0.25, 0.3) is 32.7 Å². The fourth-order valence-corrected chi connectivity index (χ4v) is 19.6. The average molecular weight is 2480 g/mol. The molecule has 0 atom stereocenters. The number of hydrogen-bond donors (Lipinski definition) is 3. The molecule has 0 saturated carbocycles. The molecule has 0 unspecified atom stereocenters. The summed E-state index contributed by atoms with van der Waals surface area (Å²) in [5.74, 6) is -4.98. The number of Topliss-reactive ketones (excluding diaryl/α,β-unsaturated/α-hetero) is 2. The number of nitrogen functional groups attached to an aromatic ring is 2. The molecule has 10 aromatic carbocycles. The molecule has 3 heterocycles. The number of ketones is 2. The van der Waals surface area contributed by atoms with Crippen molar-refractivity contribution in [1.29, 1.82) is 10.5 Å². The summed E-state index contributed by atoms with van der Waals surface area (Å²) in [7, 11) is -12.8. The number of ether oxygens (including phenoxy) is 1. The normalized spacial score (nSPS) is 11.2. The summed E-state index contributed by atoms with van der Waals surface area (Å²) in [5, 5.41) is 19.0. The number of anilines is 3. The summed E-state index contributed by atoms with van der Waals surface area (Å²) in [5.41, 5.74) is 15.5. The van der Waals surface area contributed by atoms with E-state index in [4.69, 9.17) is 21.5 Å². The molecule has 0 radical (unpaired) electrons. The van der Waals surface area contributed by atoms with Gasteiger partial charge in [-0.05, 0) is 326 Å². The highest BCUT2D eigenvalue weighted by atomic mass is 127. The number of allylic oxidation sites excluding steroid dienone is 1. The second-order valence-electron chi connectivity index (χ2n) is 25.9. The Hall–Kier alpha value is -8.00. The Morgan fingerprint density at radius 3 is 1.17 bits per heavy atom. The quantitative estimate of drug-likeness (QED) is 0.00931. The number of halogens is 15. The first-order chi connectivity index (χ1) is 57.7. The van der Waals surface area contributed by atoms with Crippen molar-refractivity contribution in [3.63, 3.8) is 0 Å². The molecule has 0 aliphatic rings. The number of hydrogen-bond acceptors (Lipinski definition) is 17. The zero-order valence-electron chi connectivity index (χ0n) is 65.0. The Bertz CT molecular complexity index is 6780. The summed E-state index contributed by atoms with van der Waals surface area (Å²) >= 11 is 24.2. The molecular formula is C83H66Br6F6I3N9O12S4. The van der Waals surface area contributed by atoms with Gasteiger partial charge >= 0.3 is 5.97 Å². The molecule has 40 heteroatoms. The van der Waals surface area contributed by atoms with Gasteiger partial charge in [0, 0.05) is 55.0 Å². The van der Waals surface area contributed by atoms with Gasteiger partial charge in [-0.3, -0.25) is 14.3 Å². The molecule has 0 saturated heterocycles. The number of aryl methyl sites for hydroxylation is 4. The van der Waals surface area contributed by atoms with Gasteiger partial charge in [0.05, 0.1) is 81.3 Å². The van der Waals surface area contributed by atoms with Crippen LogP contribution in [0.2, 0.25) is 0 Å². The zero-order chi connectivity index (χ0) is 91.8. The predicted molar refractivity (Wildman–Crippen MR) is 511 cm³/mol. The molecule has 0 fully saturated rings. The van der Waals surface area contributed by atoms with Crippen LogP contribution in [0.1, 0.15) is 67.1 Å². The van der Waals surface area contributed by atoms with Gasteiger partial charge in [-0.1, -0.05) is 93.4 Å². The monoisotopic (exact) mass is 2480 g/mol. The van der Waals surface area contributed by atoms with E-state index in [0.717, 1.165) is 49.9 Å². The van der Waals surface area contributed by atoms with Crippen LogP contribution in [0, 0.1) is 92.4 Å². The minimum absolute atomic E-state index is 0.00736. The third-order valence-corrected chi connectivity index (χ3v) is 28.7. The molecule has 644 valence electrons. The Morgan fingerprint density at radius 2 is 0.805 bits per heavy atom. The number of alkyl halides is 1. The van der Waals surface area contributed by atoms with Crippen LogP contribution in [-0.2, 0) is 44.8 Å². The number of nitriles is 2. The van der Waals surface area contributed by atoms with Crippen LogP contribution in [-0.4, -0.2) is 93.7 Å². The lowest BCUT2D eigenvalue weighted by atomic mass is 10.1. The van der Waals surface area contributed by atoms with E-state index in [2.05, 4.69) is 123 Å². The fourth-order valence-electron chi connectivity index (χ4n) is 10.7. The summed E-state index contributed by atoms with van der Waals surface area (Å²) in [4.78, 5) is 41.4. The highest BCUT2D eigenvalue weighted by Gasteiger charge is 2.32. The average Bonchev–Trinajstić information content (AvgIpc) is 1.61. The van der Waals surface area contributed by atoms with Gasteiger partial charge in [0.25, 0.3) is 40.1 Å². The number of carbonyl (C=O) groups is 3. The van der Waals surface area contributed by atoms with E-state index in [1.165, 1.54) is 138 Å². The van der Waals surface area contributed by atoms with Crippen molar-refractivity contribution in [3.05, 3.63) is 314 Å². The Labute approximate surface area is 796 Å². The van der Waals surface area contributed by atoms with Crippen molar-refractivity contribution in [2.45, 2.75) is 60.6 Å². The second kappa shape index (κ2) is 44.4. The number of carbonyl (C=O) groups excluding carboxylic acids is 3. The molecule has 0 aliphatic carbocycles. The Balaban J connectivity index is 0.000000210. The van der Waals surface area contributed by atoms with Crippen LogP contribution in [0.5, 0.6) is 0 Å². The molecule has 21 nitrogen and oxygen atoms in total. The molecule has 3 aromatic heterocycles. The van der Waals surface area contributed by atoms with Crippen LogP contribution < -0.4 is 16.2 Å². The first-order valence-corrected chi connectivity index (χ1v) is 49.7. The van der Waals surface area contributed by atoms with Crippen molar-refractivity contribution in [2.24, 2.45) is 0 Å². The molecule has 0 amide bonds. The number of rotatable bonds is 16. The number of aromatic nitrogens is 3. The molecule has 5 N–H and O–H groups in total. The maximum atomic E-state index is 14.1. The summed E-state index contributed by atoms with van der Waals surface area (Å²) in [6.45, 7) is 9.07. The van der Waals surface area contributed by atoms with E-state index in [0.29, 0.717) is 29.6 Å². The number of nitrogens with one attached hydrogen (secondary N) is 1. The van der Waals surface area contributed by atoms with E-state index in [1.54, 1.807) is 87.8 Å². The van der Waals surface area contributed by atoms with E-state index in [9.17, 15) is 79.7 Å². The lowest BCUT2D eigenvalue weighted by Gasteiger charge is -2.12. The minimum Gasteiger partial charge on any atom is -0.461 e. The lowest BCUT2D eigenvalue weighted by Crippen LogP contribution is -2.20. The summed E-state index contributed by atoms with van der Waals surface area (Å²) < 4.78 is 197. The number of fused-ring (bicyclic) bond motifs is 3. The van der Waals surface area contributed by atoms with E-state index < -0.39 is 87.3 Å². The van der Waals surface area contributed by atoms with Crippen molar-refractivity contribution in [2.75, 3.05) is 41.8 Å². The van der Waals surface area contributed by atoms with Crippen LogP contribution >= 0.6 is 163 Å². The summed E-state index contributed by atoms with van der Waals surface area (Å²) in [6.07, 6.45) is 0.822. The fraction of sp³-hybridized carbons (Fsp3) is 0.120. The van der Waals surface area contributed by atoms with Crippen molar-refractivity contribution < 1.29 is 79.1 Å². The van der Waals surface area contributed by atoms with Crippen molar-refractivity contribution >= 4 is 271 Å². The first kappa shape index (κ1) is 102. The van der Waals surface area contributed by atoms with Gasteiger partial charge in [0.15, 0.2) is 5.78 Å². The van der Waals surface area contributed by atoms with Gasteiger partial charge in [-0.25, -0.2) is 76.7 Å². The number of nitrogens with zero attached hydrogens (tertiary/aromatic N) is 6. The highest BCUT2D eigenvalue weighted by molar-refractivity contribution is 14.1. The van der Waals surface area contributed by atoms with Crippen molar-refractivity contribution in [1.82, 2.24) is 16.8 Å². The number of benzene rings is 10. The van der Waals surface area contributed by atoms with Gasteiger partial charge < -0.3 is 21.1 Å². The third-order valence-electron chi connectivity index (χ3n) is 16.6.